The molecule has 2 saturated heterocycles. The number of halogens is 1. The minimum Gasteiger partial charge on any atom is -0.459 e. The fourth-order valence-electron chi connectivity index (χ4n) is 4.55. The number of piperazine rings is 1. The van der Waals surface area contributed by atoms with Gasteiger partial charge in [-0.05, 0) is 17.7 Å². The third kappa shape index (κ3) is 5.15. The number of rotatable bonds is 6. The van der Waals surface area contributed by atoms with Crippen LogP contribution in [0.25, 0.3) is 0 Å². The van der Waals surface area contributed by atoms with E-state index in [1.165, 1.54) is 16.8 Å². The number of carbonyl (C=O) groups excluding carboxylic acids is 1. The maximum Gasteiger partial charge on any atom is 0.303 e. The molecule has 0 aliphatic carbocycles. The van der Waals surface area contributed by atoms with Crippen molar-refractivity contribution >= 4 is 27.6 Å². The van der Waals surface area contributed by atoms with Gasteiger partial charge >= 0.3 is 5.97 Å². The third-order valence-corrected chi connectivity index (χ3v) is 8.47. The second-order valence-electron chi connectivity index (χ2n) is 8.27. The Hall–Kier alpha value is -1.97. The minimum atomic E-state index is -3.64. The highest BCUT2D eigenvalue weighted by atomic mass is 35.5. The van der Waals surface area contributed by atoms with Gasteiger partial charge in [-0.1, -0.05) is 54.1 Å². The van der Waals surface area contributed by atoms with E-state index >= 15 is 0 Å². The van der Waals surface area contributed by atoms with Crippen LogP contribution in [-0.2, 0) is 26.1 Å². The number of benzene rings is 2. The van der Waals surface area contributed by atoms with E-state index in [-0.39, 0.29) is 28.0 Å². The summed E-state index contributed by atoms with van der Waals surface area (Å²) in [6.45, 7) is 5.55. The van der Waals surface area contributed by atoms with E-state index in [4.69, 9.17) is 16.3 Å². The van der Waals surface area contributed by atoms with E-state index in [9.17, 15) is 13.2 Å². The molecule has 0 N–H and O–H groups in total. The van der Waals surface area contributed by atoms with Crippen molar-refractivity contribution in [2.45, 2.75) is 30.5 Å². The van der Waals surface area contributed by atoms with Gasteiger partial charge in [0, 0.05) is 52.7 Å². The molecular weight excluding hydrogens is 450 g/mol. The molecule has 0 radical (unpaired) electrons. The highest BCUT2D eigenvalue weighted by Crippen LogP contribution is 2.27. The fraction of sp³-hybridized carbons (Fsp3) is 0.435. The largest absolute Gasteiger partial charge is 0.459 e. The average Bonchev–Trinajstić information content (AvgIpc) is 3.16. The van der Waals surface area contributed by atoms with Crippen LogP contribution in [0.5, 0.6) is 0 Å². The van der Waals surface area contributed by atoms with Crippen LogP contribution >= 0.6 is 11.6 Å². The zero-order valence-electron chi connectivity index (χ0n) is 18.1. The summed E-state index contributed by atoms with van der Waals surface area (Å²) >= 11 is 6.14. The molecule has 0 saturated carbocycles. The maximum absolute atomic E-state index is 13.0. The summed E-state index contributed by atoms with van der Waals surface area (Å²) in [5.74, 6) is -0.290. The Balaban J connectivity index is 1.42. The molecule has 7 nitrogen and oxygen atoms in total. The van der Waals surface area contributed by atoms with Crippen molar-refractivity contribution in [3.05, 3.63) is 65.2 Å². The molecule has 0 amide bonds. The van der Waals surface area contributed by atoms with Crippen molar-refractivity contribution < 1.29 is 17.9 Å². The molecule has 0 spiro atoms. The van der Waals surface area contributed by atoms with E-state index in [0.29, 0.717) is 32.7 Å². The standard InChI is InChI=1S/C23H28ClN3O4S/c1-18(28)31-22-17-25(15-19-7-3-2-4-8-19)16-21(22)26-11-13-27(14-12-26)32(29,30)23-10-6-5-9-20(23)24/h2-10,21-22H,11-17H2,1H3/t21-,22-/m1/s1. The van der Waals surface area contributed by atoms with Crippen molar-refractivity contribution in [2.75, 3.05) is 39.3 Å². The fourth-order valence-corrected chi connectivity index (χ4v) is 6.47. The van der Waals surface area contributed by atoms with E-state index in [1.807, 2.05) is 18.2 Å². The summed E-state index contributed by atoms with van der Waals surface area (Å²) in [5.41, 5.74) is 1.21. The number of nitrogens with zero attached hydrogens (tertiary/aromatic N) is 3. The first-order valence-corrected chi connectivity index (χ1v) is 12.6. The first-order chi connectivity index (χ1) is 15.3. The molecule has 32 heavy (non-hydrogen) atoms. The number of hydrogen-bond donors (Lipinski definition) is 0. The van der Waals surface area contributed by atoms with Crippen molar-refractivity contribution in [3.8, 4) is 0 Å². The molecule has 172 valence electrons. The molecule has 0 unspecified atom stereocenters. The van der Waals surface area contributed by atoms with Gasteiger partial charge in [0.2, 0.25) is 10.0 Å². The second-order valence-corrected chi connectivity index (χ2v) is 10.6. The van der Waals surface area contributed by atoms with Crippen molar-refractivity contribution in [1.29, 1.82) is 0 Å². The SMILES string of the molecule is CC(=O)O[C@@H]1CN(Cc2ccccc2)C[C@H]1N1CCN(S(=O)(=O)c2ccccc2Cl)CC1. The third-order valence-electron chi connectivity index (χ3n) is 6.08. The number of carbonyl (C=O) groups is 1. The Morgan fingerprint density at radius 1 is 1.00 bits per heavy atom. The molecule has 9 heteroatoms. The first-order valence-electron chi connectivity index (χ1n) is 10.8. The number of sulfonamides is 1. The predicted molar refractivity (Wildman–Crippen MR) is 123 cm³/mol. The zero-order valence-corrected chi connectivity index (χ0v) is 19.6. The summed E-state index contributed by atoms with van der Waals surface area (Å²) in [6, 6.07) is 16.8. The highest BCUT2D eigenvalue weighted by molar-refractivity contribution is 7.89. The van der Waals surface area contributed by atoms with Crippen LogP contribution in [0.1, 0.15) is 12.5 Å². The predicted octanol–water partition coefficient (Wildman–Crippen LogP) is 2.46. The molecule has 2 aromatic carbocycles. The summed E-state index contributed by atoms with van der Waals surface area (Å²) in [6.07, 6.45) is -0.233. The lowest BCUT2D eigenvalue weighted by atomic mass is 10.1. The van der Waals surface area contributed by atoms with E-state index in [2.05, 4.69) is 21.9 Å². The van der Waals surface area contributed by atoms with Crippen molar-refractivity contribution in [3.63, 3.8) is 0 Å². The summed E-state index contributed by atoms with van der Waals surface area (Å²) in [5, 5.41) is 0.234. The van der Waals surface area contributed by atoms with E-state index < -0.39 is 10.0 Å². The lowest BCUT2D eigenvalue weighted by Gasteiger charge is -2.38. The minimum absolute atomic E-state index is 0.0350. The Kier molecular flexibility index (Phi) is 7.17. The molecule has 2 aliphatic heterocycles. The number of likely N-dealkylation sites (tertiary alicyclic amines) is 1. The second kappa shape index (κ2) is 9.89. The van der Waals surface area contributed by atoms with Gasteiger partial charge in [-0.15, -0.1) is 0 Å². The van der Waals surface area contributed by atoms with Crippen LogP contribution in [-0.4, -0.2) is 79.9 Å². The lowest BCUT2D eigenvalue weighted by Crippen LogP contribution is -2.55. The summed E-state index contributed by atoms with van der Waals surface area (Å²) < 4.78 is 33.2. The summed E-state index contributed by atoms with van der Waals surface area (Å²) in [4.78, 5) is 16.4. The maximum atomic E-state index is 13.0. The van der Waals surface area contributed by atoms with Gasteiger partial charge in [0.05, 0.1) is 11.1 Å². The molecule has 2 aliphatic rings. The van der Waals surface area contributed by atoms with Crippen LogP contribution in [0.2, 0.25) is 5.02 Å². The van der Waals surface area contributed by atoms with Gasteiger partial charge in [0.25, 0.3) is 0 Å². The normalized spacial score (nSPS) is 23.3. The molecule has 2 aromatic rings. The zero-order chi connectivity index (χ0) is 22.7. The van der Waals surface area contributed by atoms with Gasteiger partial charge in [-0.3, -0.25) is 14.6 Å². The Morgan fingerprint density at radius 3 is 2.31 bits per heavy atom. The van der Waals surface area contributed by atoms with Gasteiger partial charge in [-0.2, -0.15) is 4.31 Å². The van der Waals surface area contributed by atoms with Gasteiger partial charge < -0.3 is 4.74 Å². The monoisotopic (exact) mass is 477 g/mol. The quantitative estimate of drug-likeness (QED) is 0.595. The van der Waals surface area contributed by atoms with Crippen LogP contribution in [0, 0.1) is 0 Å². The average molecular weight is 478 g/mol. The number of ether oxygens (including phenoxy) is 1. The highest BCUT2D eigenvalue weighted by Gasteiger charge is 2.41. The Labute approximate surface area is 194 Å². The molecule has 4 rings (SSSR count). The Bertz CT molecular complexity index is 1040. The topological polar surface area (TPSA) is 70.2 Å². The van der Waals surface area contributed by atoms with Crippen LogP contribution in [0.4, 0.5) is 0 Å². The van der Waals surface area contributed by atoms with Gasteiger partial charge in [0.1, 0.15) is 11.0 Å². The Morgan fingerprint density at radius 2 is 1.66 bits per heavy atom. The van der Waals surface area contributed by atoms with Crippen molar-refractivity contribution in [1.82, 2.24) is 14.1 Å². The summed E-state index contributed by atoms with van der Waals surface area (Å²) in [7, 11) is -3.64. The smallest absolute Gasteiger partial charge is 0.303 e. The number of hydrogen-bond acceptors (Lipinski definition) is 6. The molecule has 0 aromatic heterocycles. The molecule has 0 bridgehead atoms. The van der Waals surface area contributed by atoms with Crippen molar-refractivity contribution in [2.24, 2.45) is 0 Å². The van der Waals surface area contributed by atoms with Crippen LogP contribution in [0.3, 0.4) is 0 Å². The van der Waals surface area contributed by atoms with Crippen LogP contribution in [0.15, 0.2) is 59.5 Å². The molecule has 2 atom stereocenters. The van der Waals surface area contributed by atoms with Gasteiger partial charge in [-0.25, -0.2) is 8.42 Å². The van der Waals surface area contributed by atoms with E-state index in [1.54, 1.807) is 24.3 Å². The first kappa shape index (κ1) is 23.2. The molecular formula is C23H28ClN3O4S. The van der Waals surface area contributed by atoms with Gasteiger partial charge in [0.15, 0.2) is 0 Å². The molecule has 2 heterocycles. The van der Waals surface area contributed by atoms with Crippen LogP contribution < -0.4 is 0 Å². The van der Waals surface area contributed by atoms with E-state index in [0.717, 1.165) is 13.1 Å². The lowest BCUT2D eigenvalue weighted by molar-refractivity contribution is -0.148. The molecule has 2 fully saturated rings. The number of esters is 1.